The van der Waals surface area contributed by atoms with E-state index in [2.05, 4.69) is 52.4 Å². The van der Waals surface area contributed by atoms with Gasteiger partial charge in [-0.15, -0.1) is 0 Å². The summed E-state index contributed by atoms with van der Waals surface area (Å²) in [4.78, 5) is 0. The second-order valence-corrected chi connectivity index (χ2v) is 48.0. The van der Waals surface area contributed by atoms with Crippen LogP contribution in [0.2, 0.25) is 82.1 Å². The summed E-state index contributed by atoms with van der Waals surface area (Å²) in [6.07, 6.45) is 33.1. The Morgan fingerprint density at radius 3 is 1.02 bits per heavy atom. The molecule has 4 unspecified atom stereocenters. The van der Waals surface area contributed by atoms with Crippen molar-refractivity contribution in [2.24, 2.45) is 23.7 Å². The molecule has 0 spiro atoms. The quantitative estimate of drug-likeness (QED) is 0.0755. The summed E-state index contributed by atoms with van der Waals surface area (Å²) in [7, 11) is -14.8. The van der Waals surface area contributed by atoms with Gasteiger partial charge in [0.05, 0.1) is 0 Å². The second kappa shape index (κ2) is 18.6. The first-order valence-electron chi connectivity index (χ1n) is 26.2. The van der Waals surface area contributed by atoms with E-state index in [-0.39, 0.29) is 0 Å². The molecule has 61 heavy (non-hydrogen) atoms. The molecule has 4 atom stereocenters. The van der Waals surface area contributed by atoms with E-state index < -0.39 is 51.6 Å². The molecule has 8 bridgehead atoms. The fourth-order valence-electron chi connectivity index (χ4n) is 14.1. The smallest absolute Gasteiger partial charge is 0.419 e. The highest BCUT2D eigenvalue weighted by molar-refractivity contribution is 6.90. The van der Waals surface area contributed by atoms with Crippen molar-refractivity contribution in [3.63, 3.8) is 0 Å². The standard InChI is InChI=1S/C50H88O5Si6/c1-57(2,26-22-46-34-38-14-18-42(46)30-38)51-56(52-58(3,4)27-23-47-35-39-15-19-43(47)31-39)53-61(50-12-10-9-11-13-50,54-59(5,6)28-24-48-36-40-16-20-44(48)32-40)55-60(7,8)29-25-49-37-41-17-21-45(49)33-41/h38-41,50,56H,9-37H2,1-8H3. The summed E-state index contributed by atoms with van der Waals surface area (Å²) in [5.41, 5.74) is 14.7. The molecule has 5 saturated carbocycles. The molecule has 0 radical (unpaired) electrons. The first-order valence-corrected chi connectivity index (χ1v) is 41.9. The van der Waals surface area contributed by atoms with Crippen LogP contribution in [0.1, 0.15) is 161 Å². The Morgan fingerprint density at radius 2 is 0.721 bits per heavy atom. The van der Waals surface area contributed by atoms with Crippen molar-refractivity contribution in [2.75, 3.05) is 0 Å². The summed E-state index contributed by atoms with van der Waals surface area (Å²) in [6, 6.07) is 4.70. The van der Waals surface area contributed by atoms with E-state index in [0.29, 0.717) is 5.54 Å². The predicted octanol–water partition coefficient (Wildman–Crippen LogP) is 15.4. The van der Waals surface area contributed by atoms with Crippen LogP contribution < -0.4 is 0 Å². The number of rotatable bonds is 23. The van der Waals surface area contributed by atoms with Crippen molar-refractivity contribution in [1.29, 1.82) is 0 Å². The zero-order chi connectivity index (χ0) is 42.6. The second-order valence-electron chi connectivity index (χ2n) is 24.9. The van der Waals surface area contributed by atoms with Gasteiger partial charge in [0.15, 0.2) is 33.3 Å². The fraction of sp³-hybridized carbons (Fsp3) is 0.840. The summed E-state index contributed by atoms with van der Waals surface area (Å²) in [5.74, 6) is 3.72. The Bertz CT molecular complexity index is 1640. The summed E-state index contributed by atoms with van der Waals surface area (Å²) in [5, 5.41) is 0. The van der Waals surface area contributed by atoms with Crippen molar-refractivity contribution >= 4 is 51.6 Å². The van der Waals surface area contributed by atoms with E-state index in [1.54, 1.807) is 44.6 Å². The molecule has 342 valence electrons. The SMILES string of the molecule is C[Si](C)(CCC1=C2CCC(C2)C1)O[SiH](O[Si](C)(C)CCC1=C2CCC(C2)C1)O[Si](O[Si](C)(C)CCC1=C2CCC(C2)C1)(O[Si](C)(C)CCC1=C2CCC(C2)C1)C1CCCCC1. The van der Waals surface area contributed by atoms with Gasteiger partial charge in [-0.3, -0.25) is 0 Å². The van der Waals surface area contributed by atoms with Gasteiger partial charge in [0.2, 0.25) is 0 Å². The van der Waals surface area contributed by atoms with Crippen molar-refractivity contribution in [1.82, 2.24) is 0 Å². The minimum atomic E-state index is -3.30. The molecule has 11 heteroatoms. The van der Waals surface area contributed by atoms with Crippen molar-refractivity contribution in [3.8, 4) is 0 Å². The molecule has 0 N–H and O–H groups in total. The Hall–Kier alpha value is 0.0613. The van der Waals surface area contributed by atoms with Gasteiger partial charge in [0.25, 0.3) is 0 Å². The first kappa shape index (κ1) is 46.2. The largest absolute Gasteiger partial charge is 0.475 e. The van der Waals surface area contributed by atoms with Crippen LogP contribution in [-0.4, -0.2) is 51.6 Å². The molecule has 0 aromatic carbocycles. The van der Waals surface area contributed by atoms with E-state index in [9.17, 15) is 0 Å². The lowest BCUT2D eigenvalue weighted by Crippen LogP contribution is -2.65. The highest BCUT2D eigenvalue weighted by Crippen LogP contribution is 2.51. The minimum Gasteiger partial charge on any atom is -0.419 e. The average molecular weight is 938 g/mol. The number of hydrogen-bond acceptors (Lipinski definition) is 5. The molecule has 0 aromatic heterocycles. The Morgan fingerprint density at radius 1 is 0.393 bits per heavy atom. The molecule has 5 nitrogen and oxygen atoms in total. The van der Waals surface area contributed by atoms with Crippen LogP contribution in [0.5, 0.6) is 0 Å². The Labute approximate surface area is 380 Å². The molecule has 0 saturated heterocycles. The van der Waals surface area contributed by atoms with Crippen molar-refractivity contribution in [3.05, 3.63) is 44.6 Å². The van der Waals surface area contributed by atoms with Gasteiger partial charge < -0.3 is 20.6 Å². The number of fused-ring (bicyclic) bond motifs is 8. The topological polar surface area (TPSA) is 46.2 Å². The van der Waals surface area contributed by atoms with Crippen LogP contribution >= 0.6 is 0 Å². The average Bonchev–Trinajstić information content (AvgIpc) is 4.08. The van der Waals surface area contributed by atoms with Gasteiger partial charge in [-0.2, -0.15) is 0 Å². The lowest BCUT2D eigenvalue weighted by Gasteiger charge is -2.48. The lowest BCUT2D eigenvalue weighted by atomic mass is 9.98. The monoisotopic (exact) mass is 937 g/mol. The molecule has 9 rings (SSSR count). The van der Waals surface area contributed by atoms with Gasteiger partial charge in [-0.25, -0.2) is 0 Å². The molecular weight excluding hydrogens is 849 g/mol. The van der Waals surface area contributed by atoms with Gasteiger partial charge in [-0.05, 0) is 241 Å². The van der Waals surface area contributed by atoms with Crippen LogP contribution in [0.3, 0.4) is 0 Å². The van der Waals surface area contributed by atoms with Gasteiger partial charge >= 0.3 is 18.3 Å². The van der Waals surface area contributed by atoms with Gasteiger partial charge in [0.1, 0.15) is 0 Å². The zero-order valence-electron chi connectivity index (χ0n) is 40.5. The maximum atomic E-state index is 8.10. The lowest BCUT2D eigenvalue weighted by molar-refractivity contribution is 0.175. The van der Waals surface area contributed by atoms with Crippen LogP contribution in [0.25, 0.3) is 0 Å². The molecule has 0 aromatic rings. The molecule has 9 aliphatic carbocycles. The molecular formula is C50H88O5Si6. The van der Waals surface area contributed by atoms with Crippen LogP contribution in [-0.2, 0) is 20.6 Å². The molecule has 0 heterocycles. The Kier molecular flexibility index (Phi) is 14.1. The number of allylic oxidation sites excluding steroid dienone is 8. The normalized spacial score (nSPS) is 29.5. The first-order chi connectivity index (χ1) is 29.0. The van der Waals surface area contributed by atoms with E-state index in [0.717, 1.165) is 23.7 Å². The van der Waals surface area contributed by atoms with E-state index in [1.165, 1.54) is 185 Å². The van der Waals surface area contributed by atoms with Crippen molar-refractivity contribution < 1.29 is 20.6 Å². The molecule has 9 aliphatic rings. The van der Waals surface area contributed by atoms with E-state index >= 15 is 0 Å². The molecule has 0 amide bonds. The maximum Gasteiger partial charge on any atom is 0.475 e. The highest BCUT2D eigenvalue weighted by Gasteiger charge is 2.58. The third-order valence-electron chi connectivity index (χ3n) is 17.8. The summed E-state index contributed by atoms with van der Waals surface area (Å²) < 4.78 is 39.6. The van der Waals surface area contributed by atoms with E-state index in [4.69, 9.17) is 20.6 Å². The van der Waals surface area contributed by atoms with E-state index in [1.807, 2.05) is 0 Å². The summed E-state index contributed by atoms with van der Waals surface area (Å²) >= 11 is 0. The van der Waals surface area contributed by atoms with Crippen molar-refractivity contribution in [2.45, 2.75) is 243 Å². The Balaban J connectivity index is 1.01. The van der Waals surface area contributed by atoms with Gasteiger partial charge in [0, 0.05) is 5.54 Å². The third kappa shape index (κ3) is 11.4. The third-order valence-corrected chi connectivity index (χ3v) is 40.7. The molecule has 5 fully saturated rings. The number of hydrogen-bond donors (Lipinski definition) is 0. The van der Waals surface area contributed by atoms with Crippen LogP contribution in [0, 0.1) is 23.7 Å². The zero-order valence-corrected chi connectivity index (χ0v) is 46.7. The fourth-order valence-corrected chi connectivity index (χ4v) is 37.8. The predicted molar refractivity (Wildman–Crippen MR) is 269 cm³/mol. The molecule has 0 aliphatic heterocycles. The maximum absolute atomic E-state index is 8.10. The summed E-state index contributed by atoms with van der Waals surface area (Å²) in [6.45, 7) is 20.1. The van der Waals surface area contributed by atoms with Crippen LogP contribution in [0.15, 0.2) is 44.6 Å². The highest BCUT2D eigenvalue weighted by atomic mass is 28.5. The minimum absolute atomic E-state index is 0.354. The van der Waals surface area contributed by atoms with Crippen LogP contribution in [0.4, 0.5) is 0 Å². The van der Waals surface area contributed by atoms with Gasteiger partial charge in [-0.1, -0.05) is 63.8 Å².